The van der Waals surface area contributed by atoms with Crippen molar-refractivity contribution in [2.45, 2.75) is 45.3 Å². The lowest BCUT2D eigenvalue weighted by molar-refractivity contribution is -0.00315. The van der Waals surface area contributed by atoms with Crippen LogP contribution in [0.4, 0.5) is 0 Å². The van der Waals surface area contributed by atoms with E-state index in [4.69, 9.17) is 0 Å². The first-order valence-corrected chi connectivity index (χ1v) is 6.22. The van der Waals surface area contributed by atoms with E-state index < -0.39 is 5.60 Å². The molecule has 0 fully saturated rings. The number of rotatable bonds is 4. The largest absolute Gasteiger partial charge is 0.388 e. The number of hydrogen-bond donors (Lipinski definition) is 1. The van der Waals surface area contributed by atoms with Gasteiger partial charge in [-0.2, -0.15) is 0 Å². The molecule has 17 heavy (non-hydrogen) atoms. The van der Waals surface area contributed by atoms with Crippen molar-refractivity contribution >= 4 is 0 Å². The molecule has 1 N–H and O–H groups in total. The van der Waals surface area contributed by atoms with Gasteiger partial charge in [-0.1, -0.05) is 38.1 Å². The van der Waals surface area contributed by atoms with E-state index in [1.807, 2.05) is 27.9 Å². The Kier molecular flexibility index (Phi) is 4.34. The number of aliphatic hydroxyl groups is 1. The minimum Gasteiger partial charge on any atom is -0.388 e. The van der Waals surface area contributed by atoms with Crippen molar-refractivity contribution in [1.29, 1.82) is 0 Å². The SMILES string of the molecule is CC(C)c1ccc(C(N(C)C)C(C)(C)O)cc1. The Morgan fingerprint density at radius 2 is 1.41 bits per heavy atom. The topological polar surface area (TPSA) is 23.5 Å². The highest BCUT2D eigenvalue weighted by atomic mass is 16.3. The van der Waals surface area contributed by atoms with Crippen molar-refractivity contribution in [3.05, 3.63) is 35.4 Å². The van der Waals surface area contributed by atoms with E-state index in [0.29, 0.717) is 5.92 Å². The molecule has 0 aliphatic rings. The predicted octanol–water partition coefficient (Wildman–Crippen LogP) is 3.18. The maximum absolute atomic E-state index is 10.2. The van der Waals surface area contributed by atoms with Gasteiger partial charge in [-0.25, -0.2) is 0 Å². The van der Waals surface area contributed by atoms with Crippen LogP contribution in [0.5, 0.6) is 0 Å². The first kappa shape index (κ1) is 14.2. The van der Waals surface area contributed by atoms with Crippen LogP contribution in [0.2, 0.25) is 0 Å². The van der Waals surface area contributed by atoms with Gasteiger partial charge in [-0.3, -0.25) is 4.90 Å². The van der Waals surface area contributed by atoms with Crippen molar-refractivity contribution in [1.82, 2.24) is 4.90 Å². The molecule has 0 heterocycles. The Morgan fingerprint density at radius 1 is 1.00 bits per heavy atom. The zero-order valence-corrected chi connectivity index (χ0v) is 11.9. The molecule has 96 valence electrons. The lowest BCUT2D eigenvalue weighted by Gasteiger charge is -2.35. The van der Waals surface area contributed by atoms with Gasteiger partial charge >= 0.3 is 0 Å². The number of benzene rings is 1. The molecule has 0 aromatic heterocycles. The highest BCUT2D eigenvalue weighted by Gasteiger charge is 2.30. The predicted molar refractivity (Wildman–Crippen MR) is 73.3 cm³/mol. The number of hydrogen-bond acceptors (Lipinski definition) is 2. The molecule has 2 nitrogen and oxygen atoms in total. The monoisotopic (exact) mass is 235 g/mol. The summed E-state index contributed by atoms with van der Waals surface area (Å²) in [4.78, 5) is 2.06. The highest BCUT2D eigenvalue weighted by molar-refractivity contribution is 5.28. The zero-order valence-electron chi connectivity index (χ0n) is 11.9. The second kappa shape index (κ2) is 5.19. The van der Waals surface area contributed by atoms with Gasteiger partial charge in [0.1, 0.15) is 0 Å². The molecule has 1 rings (SSSR count). The normalized spacial score (nSPS) is 14.4. The summed E-state index contributed by atoms with van der Waals surface area (Å²) in [5, 5.41) is 10.2. The molecule has 0 saturated heterocycles. The lowest BCUT2D eigenvalue weighted by atomic mass is 9.89. The summed E-state index contributed by atoms with van der Waals surface area (Å²) in [6, 6.07) is 8.57. The third-order valence-electron chi connectivity index (χ3n) is 3.10. The van der Waals surface area contributed by atoms with Crippen LogP contribution in [-0.4, -0.2) is 29.7 Å². The summed E-state index contributed by atoms with van der Waals surface area (Å²) >= 11 is 0. The van der Waals surface area contributed by atoms with Crippen LogP contribution < -0.4 is 0 Å². The number of likely N-dealkylation sites (N-methyl/N-ethyl adjacent to an activating group) is 1. The average Bonchev–Trinajstić information content (AvgIpc) is 2.15. The first-order chi connectivity index (χ1) is 7.73. The quantitative estimate of drug-likeness (QED) is 0.866. The molecule has 0 spiro atoms. The van der Waals surface area contributed by atoms with E-state index in [2.05, 4.69) is 43.0 Å². The zero-order chi connectivity index (χ0) is 13.2. The maximum atomic E-state index is 10.2. The van der Waals surface area contributed by atoms with Crippen molar-refractivity contribution < 1.29 is 5.11 Å². The van der Waals surface area contributed by atoms with Crippen molar-refractivity contribution in [2.24, 2.45) is 0 Å². The molecular formula is C15H25NO. The van der Waals surface area contributed by atoms with E-state index in [-0.39, 0.29) is 6.04 Å². The Labute approximate surface area is 105 Å². The van der Waals surface area contributed by atoms with Crippen LogP contribution in [0.1, 0.15) is 50.8 Å². The molecular weight excluding hydrogens is 210 g/mol. The molecule has 1 atom stereocenters. The molecule has 0 amide bonds. The van der Waals surface area contributed by atoms with Crippen LogP contribution in [0.25, 0.3) is 0 Å². The minimum absolute atomic E-state index is 0.0173. The van der Waals surface area contributed by atoms with Gasteiger partial charge in [0.2, 0.25) is 0 Å². The van der Waals surface area contributed by atoms with E-state index in [0.717, 1.165) is 5.56 Å². The van der Waals surface area contributed by atoms with Gasteiger partial charge in [0.05, 0.1) is 11.6 Å². The van der Waals surface area contributed by atoms with Gasteiger partial charge in [-0.15, -0.1) is 0 Å². The Balaban J connectivity index is 3.05. The van der Waals surface area contributed by atoms with Crippen LogP contribution in [0, 0.1) is 0 Å². The van der Waals surface area contributed by atoms with Crippen LogP contribution in [0.3, 0.4) is 0 Å². The van der Waals surface area contributed by atoms with Crippen LogP contribution in [-0.2, 0) is 0 Å². The molecule has 0 aliphatic carbocycles. The number of nitrogens with zero attached hydrogens (tertiary/aromatic N) is 1. The van der Waals surface area contributed by atoms with Gasteiger partial charge in [0.15, 0.2) is 0 Å². The van der Waals surface area contributed by atoms with Gasteiger partial charge in [0, 0.05) is 0 Å². The summed E-state index contributed by atoms with van der Waals surface area (Å²) in [7, 11) is 4.00. The third-order valence-corrected chi connectivity index (χ3v) is 3.10. The molecule has 0 aliphatic heterocycles. The summed E-state index contributed by atoms with van der Waals surface area (Å²) < 4.78 is 0. The van der Waals surface area contributed by atoms with Gasteiger partial charge < -0.3 is 5.11 Å². The Bertz CT molecular complexity index is 346. The molecule has 1 aromatic carbocycles. The highest BCUT2D eigenvalue weighted by Crippen LogP contribution is 2.30. The fraction of sp³-hybridized carbons (Fsp3) is 0.600. The third kappa shape index (κ3) is 3.55. The van der Waals surface area contributed by atoms with E-state index >= 15 is 0 Å². The van der Waals surface area contributed by atoms with Crippen molar-refractivity contribution in [3.8, 4) is 0 Å². The smallest absolute Gasteiger partial charge is 0.0787 e. The molecule has 0 bridgehead atoms. The fourth-order valence-corrected chi connectivity index (χ4v) is 2.40. The molecule has 1 aromatic rings. The molecule has 2 heteroatoms. The van der Waals surface area contributed by atoms with E-state index in [1.165, 1.54) is 5.56 Å². The second-order valence-electron chi connectivity index (χ2n) is 5.84. The summed E-state index contributed by atoms with van der Waals surface area (Å²) in [5.41, 5.74) is 1.75. The minimum atomic E-state index is -0.747. The summed E-state index contributed by atoms with van der Waals surface area (Å²) in [5.74, 6) is 0.545. The molecule has 0 radical (unpaired) electrons. The summed E-state index contributed by atoms with van der Waals surface area (Å²) in [6.07, 6.45) is 0. The van der Waals surface area contributed by atoms with Gasteiger partial charge in [0.25, 0.3) is 0 Å². The Hall–Kier alpha value is -0.860. The lowest BCUT2D eigenvalue weighted by Crippen LogP contribution is -2.38. The fourth-order valence-electron chi connectivity index (χ4n) is 2.40. The van der Waals surface area contributed by atoms with Crippen LogP contribution in [0.15, 0.2) is 24.3 Å². The first-order valence-electron chi connectivity index (χ1n) is 6.22. The Morgan fingerprint density at radius 3 is 1.71 bits per heavy atom. The molecule has 1 unspecified atom stereocenters. The van der Waals surface area contributed by atoms with Crippen LogP contribution >= 0.6 is 0 Å². The molecule has 0 saturated carbocycles. The summed E-state index contributed by atoms with van der Waals surface area (Å²) in [6.45, 7) is 8.09. The van der Waals surface area contributed by atoms with Crippen molar-refractivity contribution in [2.75, 3.05) is 14.1 Å². The van der Waals surface area contributed by atoms with Gasteiger partial charge in [-0.05, 0) is 45.0 Å². The van der Waals surface area contributed by atoms with E-state index in [9.17, 15) is 5.11 Å². The average molecular weight is 235 g/mol. The maximum Gasteiger partial charge on any atom is 0.0787 e. The van der Waals surface area contributed by atoms with Crippen molar-refractivity contribution in [3.63, 3.8) is 0 Å². The second-order valence-corrected chi connectivity index (χ2v) is 5.84. The van der Waals surface area contributed by atoms with E-state index in [1.54, 1.807) is 0 Å². The standard InChI is InChI=1S/C15H25NO/c1-11(2)12-7-9-13(10-8-12)14(16(5)6)15(3,4)17/h7-11,14,17H,1-6H3.